The number of phenols is 1. The second-order valence-electron chi connectivity index (χ2n) is 6.44. The van der Waals surface area contributed by atoms with Crippen molar-refractivity contribution in [2.45, 2.75) is 6.42 Å². The van der Waals surface area contributed by atoms with E-state index >= 15 is 0 Å². The Balaban J connectivity index is 2.04. The standard InChI is InChI=1S/C22H12Cl4O3/c23-13-6-12(19(27)17(25)9-13)7-15-20(28)16-8-14(24)10-18(26)22(16)29-21(15)11-4-2-1-3-5-11/h1-6,8-10,27H,7H2. The van der Waals surface area contributed by atoms with E-state index in [1.807, 2.05) is 30.3 Å². The average Bonchev–Trinajstić information content (AvgIpc) is 2.68. The largest absolute Gasteiger partial charge is 0.506 e. The molecule has 146 valence electrons. The summed E-state index contributed by atoms with van der Waals surface area (Å²) in [5.41, 5.74) is 1.37. The van der Waals surface area contributed by atoms with E-state index in [0.29, 0.717) is 32.5 Å². The van der Waals surface area contributed by atoms with Gasteiger partial charge in [-0.25, -0.2) is 0 Å². The molecule has 7 heteroatoms. The van der Waals surface area contributed by atoms with Gasteiger partial charge in [-0.2, -0.15) is 0 Å². The highest BCUT2D eigenvalue weighted by molar-refractivity contribution is 6.38. The van der Waals surface area contributed by atoms with Crippen molar-refractivity contribution in [1.82, 2.24) is 0 Å². The Morgan fingerprint density at radius 3 is 2.24 bits per heavy atom. The highest BCUT2D eigenvalue weighted by atomic mass is 35.5. The SMILES string of the molecule is O=c1c(Cc2cc(Cl)cc(Cl)c2O)c(-c2ccccc2)oc2c(Cl)cc(Cl)cc12. The van der Waals surface area contributed by atoms with Gasteiger partial charge in [0.15, 0.2) is 11.0 Å². The smallest absolute Gasteiger partial charge is 0.196 e. The monoisotopic (exact) mass is 464 g/mol. The highest BCUT2D eigenvalue weighted by Gasteiger charge is 2.20. The molecule has 1 heterocycles. The number of phenolic OH excluding ortho intramolecular Hbond substituents is 1. The zero-order valence-electron chi connectivity index (χ0n) is 14.7. The minimum atomic E-state index is -0.301. The van der Waals surface area contributed by atoms with Crippen LogP contribution in [0.3, 0.4) is 0 Å². The van der Waals surface area contributed by atoms with Gasteiger partial charge < -0.3 is 9.52 Å². The maximum Gasteiger partial charge on any atom is 0.196 e. The van der Waals surface area contributed by atoms with Gasteiger partial charge in [0, 0.05) is 33.2 Å². The lowest BCUT2D eigenvalue weighted by atomic mass is 9.98. The van der Waals surface area contributed by atoms with Crippen molar-refractivity contribution in [3.63, 3.8) is 0 Å². The van der Waals surface area contributed by atoms with E-state index in [0.717, 1.165) is 0 Å². The van der Waals surface area contributed by atoms with E-state index in [9.17, 15) is 9.90 Å². The zero-order valence-corrected chi connectivity index (χ0v) is 17.7. The number of fused-ring (bicyclic) bond motifs is 1. The molecule has 3 nitrogen and oxygen atoms in total. The van der Waals surface area contributed by atoms with Crippen molar-refractivity contribution in [3.8, 4) is 17.1 Å². The number of rotatable bonds is 3. The molecule has 4 aromatic rings. The fourth-order valence-corrected chi connectivity index (χ4v) is 4.26. The first-order valence-electron chi connectivity index (χ1n) is 8.52. The molecule has 0 saturated carbocycles. The average molecular weight is 466 g/mol. The van der Waals surface area contributed by atoms with E-state index in [1.54, 1.807) is 6.07 Å². The fraction of sp³-hybridized carbons (Fsp3) is 0.0455. The van der Waals surface area contributed by atoms with Crippen LogP contribution in [-0.2, 0) is 6.42 Å². The van der Waals surface area contributed by atoms with Crippen LogP contribution in [0.5, 0.6) is 5.75 Å². The number of halogens is 4. The van der Waals surface area contributed by atoms with Crippen molar-refractivity contribution in [2.24, 2.45) is 0 Å². The van der Waals surface area contributed by atoms with Crippen LogP contribution in [0.25, 0.3) is 22.3 Å². The first kappa shape index (κ1) is 20.1. The van der Waals surface area contributed by atoms with Crippen LogP contribution in [0.1, 0.15) is 11.1 Å². The lowest BCUT2D eigenvalue weighted by molar-refractivity contribution is 0.469. The fourth-order valence-electron chi connectivity index (χ4n) is 3.19. The minimum Gasteiger partial charge on any atom is -0.506 e. The Kier molecular flexibility index (Phi) is 5.50. The van der Waals surface area contributed by atoms with Crippen molar-refractivity contribution >= 4 is 57.4 Å². The van der Waals surface area contributed by atoms with Crippen molar-refractivity contribution in [2.75, 3.05) is 0 Å². The van der Waals surface area contributed by atoms with Crippen molar-refractivity contribution in [3.05, 3.63) is 96.0 Å². The van der Waals surface area contributed by atoms with Crippen molar-refractivity contribution < 1.29 is 9.52 Å². The van der Waals surface area contributed by atoms with Crippen LogP contribution >= 0.6 is 46.4 Å². The van der Waals surface area contributed by atoms with Crippen LogP contribution < -0.4 is 5.43 Å². The van der Waals surface area contributed by atoms with Crippen LogP contribution in [0, 0.1) is 0 Å². The molecule has 0 radical (unpaired) electrons. The third-order valence-electron chi connectivity index (χ3n) is 4.52. The summed E-state index contributed by atoms with van der Waals surface area (Å²) in [5, 5.41) is 11.6. The summed E-state index contributed by atoms with van der Waals surface area (Å²) in [5.74, 6) is 0.210. The van der Waals surface area contributed by atoms with Gasteiger partial charge in [-0.15, -0.1) is 0 Å². The molecular weight excluding hydrogens is 454 g/mol. The lowest BCUT2D eigenvalue weighted by Gasteiger charge is -2.13. The number of benzene rings is 3. The maximum absolute atomic E-state index is 13.4. The van der Waals surface area contributed by atoms with E-state index < -0.39 is 0 Å². The summed E-state index contributed by atoms with van der Waals surface area (Å²) < 4.78 is 6.08. The second-order valence-corrected chi connectivity index (χ2v) is 8.13. The molecule has 0 aliphatic carbocycles. The van der Waals surface area contributed by atoms with Crippen LogP contribution in [0.4, 0.5) is 0 Å². The third-order valence-corrected chi connectivity index (χ3v) is 5.52. The Labute approximate surface area is 186 Å². The van der Waals surface area contributed by atoms with Gasteiger partial charge in [-0.3, -0.25) is 4.79 Å². The first-order chi connectivity index (χ1) is 13.8. The zero-order chi connectivity index (χ0) is 20.7. The molecule has 3 aromatic carbocycles. The topological polar surface area (TPSA) is 50.4 Å². The van der Waals surface area contributed by atoms with Gasteiger partial charge in [0.05, 0.1) is 15.4 Å². The van der Waals surface area contributed by atoms with Crippen LogP contribution in [-0.4, -0.2) is 5.11 Å². The van der Waals surface area contributed by atoms with Gasteiger partial charge in [0.1, 0.15) is 11.5 Å². The van der Waals surface area contributed by atoms with Crippen LogP contribution in [0.2, 0.25) is 20.1 Å². The van der Waals surface area contributed by atoms with Gasteiger partial charge >= 0.3 is 0 Å². The third kappa shape index (κ3) is 3.84. The lowest BCUT2D eigenvalue weighted by Crippen LogP contribution is -2.12. The molecule has 1 aromatic heterocycles. The predicted octanol–water partition coefficient (Wildman–Crippen LogP) is 7.37. The normalized spacial score (nSPS) is 11.2. The van der Waals surface area contributed by atoms with E-state index in [-0.39, 0.29) is 38.6 Å². The summed E-state index contributed by atoms with van der Waals surface area (Å²) in [4.78, 5) is 13.4. The van der Waals surface area contributed by atoms with E-state index in [2.05, 4.69) is 0 Å². The van der Waals surface area contributed by atoms with Gasteiger partial charge in [0.2, 0.25) is 0 Å². The van der Waals surface area contributed by atoms with Gasteiger partial charge in [0.25, 0.3) is 0 Å². The molecule has 0 unspecified atom stereocenters. The Morgan fingerprint density at radius 2 is 1.52 bits per heavy atom. The van der Waals surface area contributed by atoms with Crippen LogP contribution in [0.15, 0.2) is 63.8 Å². The molecule has 0 saturated heterocycles. The molecule has 0 bridgehead atoms. The molecule has 1 N–H and O–H groups in total. The van der Waals surface area contributed by atoms with Gasteiger partial charge in [-0.05, 0) is 24.3 Å². The second kappa shape index (κ2) is 7.92. The molecule has 0 amide bonds. The molecule has 29 heavy (non-hydrogen) atoms. The molecule has 4 rings (SSSR count). The number of aromatic hydroxyl groups is 1. The molecule has 0 aliphatic rings. The summed E-state index contributed by atoms with van der Waals surface area (Å²) in [7, 11) is 0. The quantitative estimate of drug-likeness (QED) is 0.343. The number of hydrogen-bond donors (Lipinski definition) is 1. The Morgan fingerprint density at radius 1 is 0.862 bits per heavy atom. The summed E-state index contributed by atoms with van der Waals surface area (Å²) in [6.45, 7) is 0. The Bertz CT molecular complexity index is 1300. The maximum atomic E-state index is 13.4. The number of hydrogen-bond acceptors (Lipinski definition) is 3. The Hall–Kier alpha value is -2.17. The molecule has 0 atom stereocenters. The minimum absolute atomic E-state index is 0.0543. The summed E-state index contributed by atoms with van der Waals surface area (Å²) >= 11 is 24.5. The van der Waals surface area contributed by atoms with E-state index in [1.165, 1.54) is 18.2 Å². The predicted molar refractivity (Wildman–Crippen MR) is 119 cm³/mol. The summed E-state index contributed by atoms with van der Waals surface area (Å²) in [6, 6.07) is 15.2. The van der Waals surface area contributed by atoms with Crippen molar-refractivity contribution in [1.29, 1.82) is 0 Å². The molecule has 0 aliphatic heterocycles. The van der Waals surface area contributed by atoms with Gasteiger partial charge in [-0.1, -0.05) is 76.7 Å². The highest BCUT2D eigenvalue weighted by Crippen LogP contribution is 2.36. The molecule has 0 fully saturated rings. The first-order valence-corrected chi connectivity index (χ1v) is 10.0. The van der Waals surface area contributed by atoms with E-state index in [4.69, 9.17) is 50.8 Å². The molecular formula is C22H12Cl4O3. The summed E-state index contributed by atoms with van der Waals surface area (Å²) in [6.07, 6.45) is 0.0543. The molecule has 0 spiro atoms.